The molecule has 0 spiro atoms. The molecule has 0 aliphatic rings. The molecule has 3 N–H and O–H groups in total. The van der Waals surface area contributed by atoms with Crippen LogP contribution in [0.25, 0.3) is 0 Å². The molecule has 20 heavy (non-hydrogen) atoms. The number of carbonyl (C=O) groups excluding carboxylic acids is 1. The summed E-state index contributed by atoms with van der Waals surface area (Å²) in [4.78, 5) is 26.6. The molecule has 110 valence electrons. The summed E-state index contributed by atoms with van der Waals surface area (Å²) in [7, 11) is 0. The van der Waals surface area contributed by atoms with Gasteiger partial charge < -0.3 is 15.7 Å². The van der Waals surface area contributed by atoms with Crippen molar-refractivity contribution in [3.63, 3.8) is 0 Å². The topological polar surface area (TPSA) is 91.3 Å². The molecule has 1 aromatic heterocycles. The standard InChI is InChI=1S/C14H21N3O3/c1-3-14(2,12(18)19)10-17-13(20)16-9-6-11-4-7-15-8-5-11/h4-5,7-8H,3,6,9-10H2,1-2H3,(H,18,19)(H2,16,17,20). The lowest BCUT2D eigenvalue weighted by Gasteiger charge is -2.23. The highest BCUT2D eigenvalue weighted by molar-refractivity contribution is 5.77. The number of pyridine rings is 1. The van der Waals surface area contributed by atoms with Crippen LogP contribution in [-0.4, -0.2) is 35.2 Å². The normalized spacial score (nSPS) is 13.3. The molecule has 0 aliphatic heterocycles. The number of carboxylic acid groups (broad SMARTS) is 1. The number of nitrogens with one attached hydrogen (secondary N) is 2. The van der Waals surface area contributed by atoms with Crippen LogP contribution in [0.3, 0.4) is 0 Å². The quantitative estimate of drug-likeness (QED) is 0.704. The first-order valence-corrected chi connectivity index (χ1v) is 6.62. The maximum absolute atomic E-state index is 11.6. The maximum Gasteiger partial charge on any atom is 0.314 e. The van der Waals surface area contributed by atoms with Crippen molar-refractivity contribution in [2.75, 3.05) is 13.1 Å². The predicted molar refractivity (Wildman–Crippen MR) is 75.4 cm³/mol. The van der Waals surface area contributed by atoms with Crippen molar-refractivity contribution < 1.29 is 14.7 Å². The first-order chi connectivity index (χ1) is 9.48. The second-order valence-electron chi connectivity index (χ2n) is 4.93. The zero-order valence-electron chi connectivity index (χ0n) is 11.8. The van der Waals surface area contributed by atoms with Crippen LogP contribution in [0.1, 0.15) is 25.8 Å². The van der Waals surface area contributed by atoms with E-state index < -0.39 is 11.4 Å². The Hall–Kier alpha value is -2.11. The highest BCUT2D eigenvalue weighted by Crippen LogP contribution is 2.19. The Labute approximate surface area is 118 Å². The Kier molecular flexibility index (Phi) is 5.96. The molecule has 0 aliphatic carbocycles. The lowest BCUT2D eigenvalue weighted by molar-refractivity contribution is -0.147. The van der Waals surface area contributed by atoms with Gasteiger partial charge in [0.25, 0.3) is 0 Å². The van der Waals surface area contributed by atoms with Gasteiger partial charge in [0.05, 0.1) is 5.41 Å². The summed E-state index contributed by atoms with van der Waals surface area (Å²) in [6.45, 7) is 4.01. The summed E-state index contributed by atoms with van der Waals surface area (Å²) < 4.78 is 0. The Bertz CT molecular complexity index is 450. The van der Waals surface area contributed by atoms with E-state index >= 15 is 0 Å². The van der Waals surface area contributed by atoms with E-state index in [2.05, 4.69) is 15.6 Å². The lowest BCUT2D eigenvalue weighted by Crippen LogP contribution is -2.45. The van der Waals surface area contributed by atoms with Gasteiger partial charge in [0.15, 0.2) is 0 Å². The van der Waals surface area contributed by atoms with E-state index in [1.165, 1.54) is 0 Å². The molecule has 1 atom stereocenters. The summed E-state index contributed by atoms with van der Waals surface area (Å²) in [6, 6.07) is 3.43. The van der Waals surface area contributed by atoms with E-state index in [9.17, 15) is 9.59 Å². The van der Waals surface area contributed by atoms with Crippen LogP contribution in [0, 0.1) is 5.41 Å². The van der Waals surface area contributed by atoms with Gasteiger partial charge >= 0.3 is 12.0 Å². The van der Waals surface area contributed by atoms with Gasteiger partial charge in [-0.3, -0.25) is 9.78 Å². The molecule has 1 unspecified atom stereocenters. The zero-order valence-corrected chi connectivity index (χ0v) is 11.8. The van der Waals surface area contributed by atoms with E-state index in [4.69, 9.17) is 5.11 Å². The Morgan fingerprint density at radius 3 is 2.50 bits per heavy atom. The number of urea groups is 1. The fourth-order valence-electron chi connectivity index (χ4n) is 1.56. The number of amides is 2. The number of nitrogens with zero attached hydrogens (tertiary/aromatic N) is 1. The van der Waals surface area contributed by atoms with Gasteiger partial charge in [-0.1, -0.05) is 6.92 Å². The first kappa shape index (κ1) is 15.9. The average molecular weight is 279 g/mol. The molecular weight excluding hydrogens is 258 g/mol. The number of carbonyl (C=O) groups is 2. The van der Waals surface area contributed by atoms with Crippen LogP contribution in [-0.2, 0) is 11.2 Å². The van der Waals surface area contributed by atoms with Crippen molar-refractivity contribution in [1.82, 2.24) is 15.6 Å². The van der Waals surface area contributed by atoms with Crippen LogP contribution in [0.15, 0.2) is 24.5 Å². The van der Waals surface area contributed by atoms with E-state index in [0.29, 0.717) is 19.4 Å². The maximum atomic E-state index is 11.6. The van der Waals surface area contributed by atoms with Gasteiger partial charge in [-0.15, -0.1) is 0 Å². The third-order valence-corrected chi connectivity index (χ3v) is 3.38. The first-order valence-electron chi connectivity index (χ1n) is 6.62. The van der Waals surface area contributed by atoms with E-state index in [1.54, 1.807) is 26.2 Å². The average Bonchev–Trinajstić information content (AvgIpc) is 2.45. The van der Waals surface area contributed by atoms with Gasteiger partial charge in [0.1, 0.15) is 0 Å². The van der Waals surface area contributed by atoms with Crippen molar-refractivity contribution in [3.8, 4) is 0 Å². The van der Waals surface area contributed by atoms with Crippen LogP contribution in [0.2, 0.25) is 0 Å². The van der Waals surface area contributed by atoms with Crippen molar-refractivity contribution in [3.05, 3.63) is 30.1 Å². The Morgan fingerprint density at radius 1 is 1.30 bits per heavy atom. The third kappa shape index (κ3) is 4.87. The molecule has 1 rings (SSSR count). The van der Waals surface area contributed by atoms with Gasteiger partial charge in [0, 0.05) is 25.5 Å². The number of rotatable bonds is 7. The zero-order chi connectivity index (χ0) is 15.0. The van der Waals surface area contributed by atoms with Crippen LogP contribution < -0.4 is 10.6 Å². The number of carboxylic acids is 1. The van der Waals surface area contributed by atoms with E-state index in [-0.39, 0.29) is 12.6 Å². The molecule has 2 amide bonds. The molecule has 6 nitrogen and oxygen atoms in total. The van der Waals surface area contributed by atoms with Crippen molar-refractivity contribution in [2.24, 2.45) is 5.41 Å². The highest BCUT2D eigenvalue weighted by Gasteiger charge is 2.31. The summed E-state index contributed by atoms with van der Waals surface area (Å²) in [6.07, 6.45) is 4.57. The van der Waals surface area contributed by atoms with Crippen LogP contribution in [0.4, 0.5) is 4.79 Å². The van der Waals surface area contributed by atoms with Crippen LogP contribution >= 0.6 is 0 Å². The minimum absolute atomic E-state index is 0.111. The summed E-state index contributed by atoms with van der Waals surface area (Å²) in [5, 5.41) is 14.4. The fraction of sp³-hybridized carbons (Fsp3) is 0.500. The Balaban J connectivity index is 2.29. The van der Waals surface area contributed by atoms with Crippen molar-refractivity contribution in [1.29, 1.82) is 0 Å². The monoisotopic (exact) mass is 279 g/mol. The van der Waals surface area contributed by atoms with Gasteiger partial charge in [-0.05, 0) is 37.5 Å². The second kappa shape index (κ2) is 7.47. The van der Waals surface area contributed by atoms with Crippen LogP contribution in [0.5, 0.6) is 0 Å². The molecule has 1 heterocycles. The number of hydrogen-bond donors (Lipinski definition) is 3. The molecule has 0 saturated heterocycles. The SMILES string of the molecule is CCC(C)(CNC(=O)NCCc1ccncc1)C(=O)O. The van der Waals surface area contributed by atoms with Crippen molar-refractivity contribution in [2.45, 2.75) is 26.7 Å². The summed E-state index contributed by atoms with van der Waals surface area (Å²) in [5.41, 5.74) is 0.159. The number of aliphatic carboxylic acids is 1. The third-order valence-electron chi connectivity index (χ3n) is 3.38. The van der Waals surface area contributed by atoms with E-state index in [1.807, 2.05) is 12.1 Å². The van der Waals surface area contributed by atoms with E-state index in [0.717, 1.165) is 5.56 Å². The van der Waals surface area contributed by atoms with Gasteiger partial charge in [-0.25, -0.2) is 4.79 Å². The molecule has 0 aromatic carbocycles. The predicted octanol–water partition coefficient (Wildman–Crippen LogP) is 1.42. The van der Waals surface area contributed by atoms with Crippen molar-refractivity contribution >= 4 is 12.0 Å². The largest absolute Gasteiger partial charge is 0.481 e. The summed E-state index contributed by atoms with van der Waals surface area (Å²) in [5.74, 6) is -0.905. The van der Waals surface area contributed by atoms with Gasteiger partial charge in [0.2, 0.25) is 0 Å². The minimum Gasteiger partial charge on any atom is -0.481 e. The number of aromatic nitrogens is 1. The Morgan fingerprint density at radius 2 is 1.95 bits per heavy atom. The smallest absolute Gasteiger partial charge is 0.314 e. The van der Waals surface area contributed by atoms with Gasteiger partial charge in [-0.2, -0.15) is 0 Å². The lowest BCUT2D eigenvalue weighted by atomic mass is 9.88. The molecule has 6 heteroatoms. The second-order valence-corrected chi connectivity index (χ2v) is 4.93. The molecular formula is C14H21N3O3. The molecule has 0 radical (unpaired) electrons. The molecule has 0 fully saturated rings. The highest BCUT2D eigenvalue weighted by atomic mass is 16.4. The molecule has 0 bridgehead atoms. The molecule has 1 aromatic rings. The molecule has 0 saturated carbocycles. The number of hydrogen-bond acceptors (Lipinski definition) is 3. The minimum atomic E-state index is -0.928. The fourth-order valence-corrected chi connectivity index (χ4v) is 1.56. The summed E-state index contributed by atoms with van der Waals surface area (Å²) >= 11 is 0.